The van der Waals surface area contributed by atoms with Crippen molar-refractivity contribution in [3.8, 4) is 22.9 Å². The maximum Gasteiger partial charge on any atom is 0.310 e. The summed E-state index contributed by atoms with van der Waals surface area (Å²) in [5.74, 6) is 1.26. The van der Waals surface area contributed by atoms with Gasteiger partial charge in [-0.25, -0.2) is 0 Å². The third-order valence-electron chi connectivity index (χ3n) is 4.14. The van der Waals surface area contributed by atoms with Crippen LogP contribution in [0.1, 0.15) is 17.0 Å². The van der Waals surface area contributed by atoms with E-state index < -0.39 is 5.97 Å². The van der Waals surface area contributed by atoms with Crippen molar-refractivity contribution < 1.29 is 23.5 Å². The highest BCUT2D eigenvalue weighted by molar-refractivity contribution is 6.32. The van der Waals surface area contributed by atoms with Gasteiger partial charge in [0.2, 0.25) is 5.82 Å². The highest BCUT2D eigenvalue weighted by atomic mass is 35.5. The number of aromatic nitrogens is 2. The average molecular weight is 401 g/mol. The van der Waals surface area contributed by atoms with Crippen LogP contribution in [0.5, 0.6) is 11.5 Å². The summed E-state index contributed by atoms with van der Waals surface area (Å²) in [6, 6.07) is 11.1. The van der Waals surface area contributed by atoms with Crippen molar-refractivity contribution >= 4 is 17.6 Å². The van der Waals surface area contributed by atoms with E-state index in [4.69, 9.17) is 30.3 Å². The lowest BCUT2D eigenvalue weighted by atomic mass is 10.1. The van der Waals surface area contributed by atoms with Gasteiger partial charge in [0.25, 0.3) is 5.89 Å². The molecule has 144 valence electrons. The van der Waals surface area contributed by atoms with Crippen LogP contribution in [-0.2, 0) is 22.6 Å². The van der Waals surface area contributed by atoms with E-state index in [1.165, 1.54) is 0 Å². The molecule has 0 radical (unpaired) electrons. The molecule has 0 unspecified atom stereocenters. The Morgan fingerprint density at radius 3 is 2.79 bits per heavy atom. The maximum absolute atomic E-state index is 12.2. The van der Waals surface area contributed by atoms with E-state index in [2.05, 4.69) is 10.1 Å². The van der Waals surface area contributed by atoms with Crippen LogP contribution in [0.25, 0.3) is 11.4 Å². The minimum absolute atomic E-state index is 0.0370. The first-order chi connectivity index (χ1) is 13.6. The van der Waals surface area contributed by atoms with Gasteiger partial charge in [-0.05, 0) is 24.6 Å². The second-order valence-corrected chi connectivity index (χ2v) is 6.72. The van der Waals surface area contributed by atoms with Gasteiger partial charge in [-0.15, -0.1) is 0 Å². The minimum atomic E-state index is -0.442. The summed E-state index contributed by atoms with van der Waals surface area (Å²) in [4.78, 5) is 16.4. The smallest absolute Gasteiger partial charge is 0.310 e. The van der Waals surface area contributed by atoms with Gasteiger partial charge in [0.1, 0.15) is 13.2 Å². The van der Waals surface area contributed by atoms with Gasteiger partial charge < -0.3 is 18.7 Å². The summed E-state index contributed by atoms with van der Waals surface area (Å²) in [6.45, 7) is 2.79. The van der Waals surface area contributed by atoms with Gasteiger partial charge in [-0.1, -0.05) is 46.6 Å². The van der Waals surface area contributed by atoms with Crippen molar-refractivity contribution in [2.45, 2.75) is 20.0 Å². The lowest BCUT2D eigenvalue weighted by Crippen LogP contribution is -2.16. The van der Waals surface area contributed by atoms with E-state index in [9.17, 15) is 4.79 Å². The van der Waals surface area contributed by atoms with E-state index in [-0.39, 0.29) is 18.9 Å². The molecule has 28 heavy (non-hydrogen) atoms. The van der Waals surface area contributed by atoms with Gasteiger partial charge in [-0.2, -0.15) is 4.98 Å². The average Bonchev–Trinajstić information content (AvgIpc) is 3.16. The van der Waals surface area contributed by atoms with E-state index in [1.54, 1.807) is 12.1 Å². The standard InChI is InChI=1S/C20H17ClN2O5/c1-12-2-4-14(5-3-12)20-22-17(28-23-20)11-27-18(24)10-13-8-15(21)19-16(9-13)25-6-7-26-19/h2-5,8-9H,6-7,10-11H2,1H3. The molecule has 0 atom stereocenters. The first kappa shape index (κ1) is 18.3. The molecule has 0 saturated carbocycles. The molecule has 0 N–H and O–H groups in total. The molecule has 0 fully saturated rings. The third kappa shape index (κ3) is 4.09. The molecule has 1 aliphatic rings. The number of halogens is 1. The number of hydrogen-bond acceptors (Lipinski definition) is 7. The number of hydrogen-bond donors (Lipinski definition) is 0. The number of fused-ring (bicyclic) bond motifs is 1. The van der Waals surface area contributed by atoms with Crippen molar-refractivity contribution in [3.63, 3.8) is 0 Å². The molecule has 7 nitrogen and oxygen atoms in total. The van der Waals surface area contributed by atoms with Gasteiger partial charge in [0, 0.05) is 5.56 Å². The van der Waals surface area contributed by atoms with Gasteiger partial charge >= 0.3 is 5.97 Å². The molecule has 8 heteroatoms. The van der Waals surface area contributed by atoms with Gasteiger partial charge in [0.05, 0.1) is 11.4 Å². The fraction of sp³-hybridized carbons (Fsp3) is 0.250. The molecule has 1 aromatic heterocycles. The van der Waals surface area contributed by atoms with E-state index in [0.717, 1.165) is 11.1 Å². The first-order valence-corrected chi connectivity index (χ1v) is 9.09. The van der Waals surface area contributed by atoms with E-state index >= 15 is 0 Å². The Balaban J connectivity index is 1.36. The Labute approximate surface area is 166 Å². The predicted octanol–water partition coefficient (Wildman–Crippen LogP) is 3.76. The Morgan fingerprint density at radius 2 is 1.96 bits per heavy atom. The van der Waals surface area contributed by atoms with Gasteiger partial charge in [-0.3, -0.25) is 4.79 Å². The Hall–Kier alpha value is -3.06. The monoisotopic (exact) mass is 400 g/mol. The van der Waals surface area contributed by atoms with Crippen LogP contribution < -0.4 is 9.47 Å². The zero-order valence-corrected chi connectivity index (χ0v) is 15.9. The maximum atomic E-state index is 12.2. The van der Waals surface area contributed by atoms with Crippen LogP contribution in [0.4, 0.5) is 0 Å². The third-order valence-corrected chi connectivity index (χ3v) is 4.42. The quantitative estimate of drug-likeness (QED) is 0.603. The number of carbonyl (C=O) groups is 1. The molecule has 0 bridgehead atoms. The molecule has 0 saturated heterocycles. The summed E-state index contributed by atoms with van der Waals surface area (Å²) in [7, 11) is 0. The van der Waals surface area contributed by atoms with Crippen molar-refractivity contribution in [1.82, 2.24) is 10.1 Å². The number of esters is 1. The number of nitrogens with zero attached hydrogens (tertiary/aromatic N) is 2. The molecule has 0 spiro atoms. The molecule has 0 aliphatic carbocycles. The summed E-state index contributed by atoms with van der Waals surface area (Å²) in [6.07, 6.45) is 0.0370. The predicted molar refractivity (Wildman–Crippen MR) is 100 cm³/mol. The first-order valence-electron chi connectivity index (χ1n) is 8.72. The Kier molecular flexibility index (Phi) is 5.16. The summed E-state index contributed by atoms with van der Waals surface area (Å²) < 4.78 is 21.4. The molecule has 1 aliphatic heterocycles. The fourth-order valence-corrected chi connectivity index (χ4v) is 3.05. The molecule has 2 heterocycles. The van der Waals surface area contributed by atoms with Crippen LogP contribution in [0.3, 0.4) is 0 Å². The number of rotatable bonds is 5. The van der Waals surface area contributed by atoms with Crippen LogP contribution >= 0.6 is 11.6 Å². The molecule has 2 aromatic carbocycles. The highest BCUT2D eigenvalue weighted by Crippen LogP contribution is 2.38. The number of aryl methyl sites for hydroxylation is 1. The molecule has 3 aromatic rings. The fourth-order valence-electron chi connectivity index (χ4n) is 2.76. The van der Waals surface area contributed by atoms with Crippen molar-refractivity contribution in [2.24, 2.45) is 0 Å². The topological polar surface area (TPSA) is 83.7 Å². The zero-order valence-electron chi connectivity index (χ0n) is 15.1. The van der Waals surface area contributed by atoms with Crippen LogP contribution in [0.15, 0.2) is 40.9 Å². The molecule has 0 amide bonds. The molecule has 4 rings (SSSR count). The minimum Gasteiger partial charge on any atom is -0.486 e. The SMILES string of the molecule is Cc1ccc(-c2noc(COC(=O)Cc3cc(Cl)c4c(c3)OCCO4)n2)cc1. The number of ether oxygens (including phenoxy) is 3. The summed E-state index contributed by atoms with van der Waals surface area (Å²) in [5, 5.41) is 4.32. The van der Waals surface area contributed by atoms with Crippen LogP contribution in [0, 0.1) is 6.92 Å². The van der Waals surface area contributed by atoms with Crippen molar-refractivity contribution in [1.29, 1.82) is 0 Å². The van der Waals surface area contributed by atoms with Crippen LogP contribution in [0.2, 0.25) is 5.02 Å². The number of benzene rings is 2. The van der Waals surface area contributed by atoms with Crippen molar-refractivity contribution in [3.05, 3.63) is 58.4 Å². The Bertz CT molecular complexity index is 1000. The Morgan fingerprint density at radius 1 is 1.18 bits per heavy atom. The zero-order chi connectivity index (χ0) is 19.5. The van der Waals surface area contributed by atoms with Crippen molar-refractivity contribution in [2.75, 3.05) is 13.2 Å². The second kappa shape index (κ2) is 7.90. The van der Waals surface area contributed by atoms with E-state index in [0.29, 0.717) is 41.1 Å². The lowest BCUT2D eigenvalue weighted by molar-refractivity contribution is -0.144. The lowest BCUT2D eigenvalue weighted by Gasteiger charge is -2.20. The normalized spacial score (nSPS) is 12.6. The largest absolute Gasteiger partial charge is 0.486 e. The highest BCUT2D eigenvalue weighted by Gasteiger charge is 2.18. The van der Waals surface area contributed by atoms with E-state index in [1.807, 2.05) is 31.2 Å². The molecular formula is C20H17ClN2O5. The summed E-state index contributed by atoms with van der Waals surface area (Å²) in [5.41, 5.74) is 2.64. The number of carbonyl (C=O) groups excluding carboxylic acids is 1. The second-order valence-electron chi connectivity index (χ2n) is 6.32. The molecular weight excluding hydrogens is 384 g/mol. The van der Waals surface area contributed by atoms with Gasteiger partial charge in [0.15, 0.2) is 18.1 Å². The van der Waals surface area contributed by atoms with Crippen LogP contribution in [-0.4, -0.2) is 29.3 Å². The summed E-state index contributed by atoms with van der Waals surface area (Å²) >= 11 is 6.18.